The Bertz CT molecular complexity index is 451. The predicted octanol–water partition coefficient (Wildman–Crippen LogP) is 6.72. The molecule has 0 aromatic rings. The maximum atomic E-state index is 13.0. The van der Waals surface area contributed by atoms with Crippen LogP contribution in [-0.2, 0) is 4.74 Å². The van der Waals surface area contributed by atoms with Gasteiger partial charge in [-0.05, 0) is 75.2 Å². The molecule has 0 heterocycles. The molecule has 0 bridgehead atoms. The maximum Gasteiger partial charge on any atom is 0.196 e. The zero-order valence-electron chi connectivity index (χ0n) is 16.2. The largest absolute Gasteiger partial charge is 0.378 e. The molecule has 142 valence electrons. The quantitative estimate of drug-likeness (QED) is 0.456. The van der Waals surface area contributed by atoms with Crippen molar-refractivity contribution in [3.8, 4) is 6.07 Å². The summed E-state index contributed by atoms with van der Waals surface area (Å²) >= 11 is 0. The monoisotopic (exact) mass is 349 g/mol. The van der Waals surface area contributed by atoms with E-state index in [9.17, 15) is 4.39 Å². The summed E-state index contributed by atoms with van der Waals surface area (Å²) in [6.07, 6.45) is 17.4. The van der Waals surface area contributed by atoms with Gasteiger partial charge in [-0.25, -0.2) is 0 Å². The molecule has 0 saturated heterocycles. The van der Waals surface area contributed by atoms with Gasteiger partial charge in [-0.2, -0.15) is 9.65 Å². The Kier molecular flexibility index (Phi) is 8.43. The van der Waals surface area contributed by atoms with Gasteiger partial charge >= 0.3 is 0 Å². The lowest BCUT2D eigenvalue weighted by atomic mass is 9.67. The van der Waals surface area contributed by atoms with E-state index in [4.69, 9.17) is 10.00 Å². The SMILES string of the molecule is CCCC[C@H]1CC[C@H]([C@H]2CC[C@@](CCC=C(F)C#N)(OC)CC2)CC1. The van der Waals surface area contributed by atoms with Crippen molar-refractivity contribution in [2.24, 2.45) is 17.8 Å². The minimum atomic E-state index is -0.667. The summed E-state index contributed by atoms with van der Waals surface area (Å²) < 4.78 is 18.8. The smallest absolute Gasteiger partial charge is 0.196 e. The first-order chi connectivity index (χ1) is 12.1. The molecular formula is C22H36FNO. The zero-order chi connectivity index (χ0) is 18.1. The molecule has 2 rings (SSSR count). The van der Waals surface area contributed by atoms with Crippen molar-refractivity contribution >= 4 is 0 Å². The molecule has 2 fully saturated rings. The van der Waals surface area contributed by atoms with E-state index in [1.165, 1.54) is 63.9 Å². The molecule has 0 aromatic carbocycles. The van der Waals surface area contributed by atoms with Crippen molar-refractivity contribution in [2.45, 2.75) is 96.0 Å². The molecule has 0 aromatic heterocycles. The van der Waals surface area contributed by atoms with Crippen molar-refractivity contribution < 1.29 is 9.13 Å². The number of allylic oxidation sites excluding steroid dienone is 2. The summed E-state index contributed by atoms with van der Waals surface area (Å²) in [5.74, 6) is 2.10. The van der Waals surface area contributed by atoms with Crippen LogP contribution in [0.1, 0.15) is 90.4 Å². The van der Waals surface area contributed by atoms with Crippen LogP contribution in [0, 0.1) is 29.1 Å². The average molecular weight is 350 g/mol. The number of hydrogen-bond donors (Lipinski definition) is 0. The molecule has 2 nitrogen and oxygen atoms in total. The topological polar surface area (TPSA) is 33.0 Å². The highest BCUT2D eigenvalue weighted by Crippen LogP contribution is 2.45. The van der Waals surface area contributed by atoms with Crippen molar-refractivity contribution in [3.05, 3.63) is 11.9 Å². The van der Waals surface area contributed by atoms with E-state index in [0.717, 1.165) is 37.0 Å². The highest BCUT2D eigenvalue weighted by Gasteiger charge is 2.38. The Labute approximate surface area is 153 Å². The first kappa shape index (κ1) is 20.4. The Morgan fingerprint density at radius 1 is 1.16 bits per heavy atom. The Morgan fingerprint density at radius 2 is 1.80 bits per heavy atom. The van der Waals surface area contributed by atoms with E-state index in [-0.39, 0.29) is 5.60 Å². The number of halogens is 1. The number of ether oxygens (including phenoxy) is 1. The zero-order valence-corrected chi connectivity index (χ0v) is 16.2. The van der Waals surface area contributed by atoms with Gasteiger partial charge in [0.15, 0.2) is 5.83 Å². The molecular weight excluding hydrogens is 313 g/mol. The van der Waals surface area contributed by atoms with Gasteiger partial charge in [0, 0.05) is 7.11 Å². The molecule has 2 aliphatic carbocycles. The Morgan fingerprint density at radius 3 is 2.36 bits per heavy atom. The number of rotatable bonds is 8. The van der Waals surface area contributed by atoms with Gasteiger partial charge in [0.1, 0.15) is 6.07 Å². The molecule has 0 N–H and O–H groups in total. The molecule has 25 heavy (non-hydrogen) atoms. The van der Waals surface area contributed by atoms with E-state index in [1.807, 2.05) is 0 Å². The number of hydrogen-bond acceptors (Lipinski definition) is 2. The molecule has 3 heteroatoms. The van der Waals surface area contributed by atoms with Gasteiger partial charge in [-0.15, -0.1) is 0 Å². The maximum absolute atomic E-state index is 13.0. The van der Waals surface area contributed by atoms with Gasteiger partial charge in [-0.1, -0.05) is 39.0 Å². The third kappa shape index (κ3) is 6.10. The second kappa shape index (κ2) is 10.3. The summed E-state index contributed by atoms with van der Waals surface area (Å²) in [5.41, 5.74) is -0.0962. The Hall–Kier alpha value is -0.880. The summed E-state index contributed by atoms with van der Waals surface area (Å²) in [4.78, 5) is 0. The predicted molar refractivity (Wildman–Crippen MR) is 101 cm³/mol. The lowest BCUT2D eigenvalue weighted by Crippen LogP contribution is -2.38. The number of nitrogens with zero attached hydrogens (tertiary/aromatic N) is 1. The molecule has 0 aliphatic heterocycles. The van der Waals surface area contributed by atoms with Gasteiger partial charge in [0.25, 0.3) is 0 Å². The van der Waals surface area contributed by atoms with E-state index in [2.05, 4.69) is 6.92 Å². The summed E-state index contributed by atoms with van der Waals surface area (Å²) in [6.45, 7) is 2.29. The van der Waals surface area contributed by atoms with E-state index < -0.39 is 5.83 Å². The molecule has 0 spiro atoms. The van der Waals surface area contributed by atoms with E-state index in [0.29, 0.717) is 6.42 Å². The van der Waals surface area contributed by atoms with Crippen LogP contribution < -0.4 is 0 Å². The third-order valence-electron chi connectivity index (χ3n) is 6.93. The highest BCUT2D eigenvalue weighted by atomic mass is 19.1. The third-order valence-corrected chi connectivity index (χ3v) is 6.93. The van der Waals surface area contributed by atoms with Crippen LogP contribution in [0.5, 0.6) is 0 Å². The van der Waals surface area contributed by atoms with Crippen LogP contribution in [0.3, 0.4) is 0 Å². The molecule has 0 unspecified atom stereocenters. The number of nitriles is 1. The fourth-order valence-corrected chi connectivity index (χ4v) is 5.14. The van der Waals surface area contributed by atoms with Gasteiger partial charge in [-0.3, -0.25) is 0 Å². The molecule has 0 amide bonds. The van der Waals surface area contributed by atoms with Gasteiger partial charge < -0.3 is 4.74 Å². The Balaban J connectivity index is 1.75. The second-order valence-electron chi connectivity index (χ2n) is 8.35. The molecule has 2 saturated carbocycles. The molecule has 2 aliphatic rings. The van der Waals surface area contributed by atoms with E-state index >= 15 is 0 Å². The van der Waals surface area contributed by atoms with E-state index in [1.54, 1.807) is 13.2 Å². The summed E-state index contributed by atoms with van der Waals surface area (Å²) in [7, 11) is 1.80. The average Bonchev–Trinajstić information content (AvgIpc) is 2.67. The lowest BCUT2D eigenvalue weighted by molar-refractivity contribution is -0.0619. The first-order valence-electron chi connectivity index (χ1n) is 10.4. The van der Waals surface area contributed by atoms with Crippen LogP contribution in [0.4, 0.5) is 4.39 Å². The van der Waals surface area contributed by atoms with Crippen LogP contribution in [-0.4, -0.2) is 12.7 Å². The van der Waals surface area contributed by atoms with Crippen LogP contribution in [0.2, 0.25) is 0 Å². The van der Waals surface area contributed by atoms with Crippen molar-refractivity contribution in [3.63, 3.8) is 0 Å². The van der Waals surface area contributed by atoms with Crippen molar-refractivity contribution in [1.29, 1.82) is 5.26 Å². The van der Waals surface area contributed by atoms with Crippen molar-refractivity contribution in [1.82, 2.24) is 0 Å². The normalized spacial score (nSPS) is 33.8. The van der Waals surface area contributed by atoms with Gasteiger partial charge in [0.2, 0.25) is 0 Å². The minimum Gasteiger partial charge on any atom is -0.378 e. The van der Waals surface area contributed by atoms with Crippen molar-refractivity contribution in [2.75, 3.05) is 7.11 Å². The standard InChI is InChI=1S/C22H36FNO/c1-3-4-6-18-8-10-19(11-9-18)20-12-15-22(25-2,16-13-20)14-5-7-21(23)17-24/h7,18-20H,3-6,8-16H2,1-2H3/t18-,19-,20-,22+. The van der Waals surface area contributed by atoms with Crippen LogP contribution >= 0.6 is 0 Å². The number of methoxy groups -OCH3 is 1. The molecule has 0 radical (unpaired) electrons. The van der Waals surface area contributed by atoms with Gasteiger partial charge in [0.05, 0.1) is 5.60 Å². The van der Waals surface area contributed by atoms with Crippen LogP contribution in [0.25, 0.3) is 0 Å². The highest BCUT2D eigenvalue weighted by molar-refractivity contribution is 5.11. The lowest BCUT2D eigenvalue weighted by Gasteiger charge is -2.43. The first-order valence-corrected chi connectivity index (χ1v) is 10.4. The second-order valence-corrected chi connectivity index (χ2v) is 8.35. The summed E-state index contributed by atoms with van der Waals surface area (Å²) in [6, 6.07) is 1.55. The number of unbranched alkanes of at least 4 members (excludes halogenated alkanes) is 1. The van der Waals surface area contributed by atoms with Crippen LogP contribution in [0.15, 0.2) is 11.9 Å². The fourth-order valence-electron chi connectivity index (χ4n) is 5.14. The minimum absolute atomic E-state index is 0.0962. The molecule has 0 atom stereocenters. The fraction of sp³-hybridized carbons (Fsp3) is 0.864. The summed E-state index contributed by atoms with van der Waals surface area (Å²) in [5, 5.41) is 8.51.